The minimum Gasteiger partial charge on any atom is -0.480 e. The Kier molecular flexibility index (Phi) is 6.66. The lowest BCUT2D eigenvalue weighted by Crippen LogP contribution is -2.50. The summed E-state index contributed by atoms with van der Waals surface area (Å²) in [6.45, 7) is 7.59. The summed E-state index contributed by atoms with van der Waals surface area (Å²) in [6, 6.07) is -1.08. The zero-order valence-electron chi connectivity index (χ0n) is 10.8. The van der Waals surface area contributed by atoms with Crippen molar-refractivity contribution >= 4 is 16.2 Å². The van der Waals surface area contributed by atoms with Crippen LogP contribution >= 0.6 is 0 Å². The molecule has 0 aliphatic carbocycles. The van der Waals surface area contributed by atoms with E-state index in [0.29, 0.717) is 19.5 Å². The van der Waals surface area contributed by atoms with Gasteiger partial charge in [-0.25, -0.2) is 0 Å². The van der Waals surface area contributed by atoms with Crippen LogP contribution < -0.4 is 4.72 Å². The number of nitrogens with one attached hydrogen (secondary N) is 1. The van der Waals surface area contributed by atoms with E-state index >= 15 is 0 Å². The lowest BCUT2D eigenvalue weighted by Gasteiger charge is -2.24. The van der Waals surface area contributed by atoms with E-state index in [9.17, 15) is 13.2 Å². The van der Waals surface area contributed by atoms with Crippen LogP contribution in [0.15, 0.2) is 0 Å². The van der Waals surface area contributed by atoms with E-state index in [1.54, 1.807) is 20.8 Å². The zero-order valence-corrected chi connectivity index (χ0v) is 11.6. The Morgan fingerprint density at radius 3 is 2.06 bits per heavy atom. The smallest absolute Gasteiger partial charge is 0.322 e. The largest absolute Gasteiger partial charge is 0.480 e. The molecule has 102 valence electrons. The van der Waals surface area contributed by atoms with Crippen LogP contribution in [0.25, 0.3) is 0 Å². The van der Waals surface area contributed by atoms with Crippen molar-refractivity contribution in [3.05, 3.63) is 0 Å². The van der Waals surface area contributed by atoms with Crippen molar-refractivity contribution in [1.82, 2.24) is 9.03 Å². The molecule has 0 saturated carbocycles. The maximum Gasteiger partial charge on any atom is 0.322 e. The monoisotopic (exact) mass is 266 g/mol. The summed E-state index contributed by atoms with van der Waals surface area (Å²) in [6.07, 6.45) is 0.595. The van der Waals surface area contributed by atoms with Gasteiger partial charge in [0.25, 0.3) is 10.2 Å². The van der Waals surface area contributed by atoms with Crippen molar-refractivity contribution in [1.29, 1.82) is 0 Å². The second-order valence-electron chi connectivity index (χ2n) is 3.91. The van der Waals surface area contributed by atoms with E-state index in [4.69, 9.17) is 5.11 Å². The van der Waals surface area contributed by atoms with Crippen molar-refractivity contribution in [2.75, 3.05) is 13.1 Å². The first-order valence-electron chi connectivity index (χ1n) is 5.80. The summed E-state index contributed by atoms with van der Waals surface area (Å²) < 4.78 is 27.2. The molecule has 0 aromatic rings. The second-order valence-corrected chi connectivity index (χ2v) is 5.61. The summed E-state index contributed by atoms with van der Waals surface area (Å²) in [5, 5.41) is 9.02. The molecular weight excluding hydrogens is 244 g/mol. The van der Waals surface area contributed by atoms with E-state index in [1.807, 2.05) is 6.92 Å². The SMILES string of the molecule is CCC(C)[C@H](NS(=O)(=O)N(CC)CC)C(=O)O. The molecule has 7 heteroatoms. The Bertz CT molecular complexity index is 338. The predicted molar refractivity (Wildman–Crippen MR) is 65.9 cm³/mol. The molecule has 6 nitrogen and oxygen atoms in total. The summed E-state index contributed by atoms with van der Waals surface area (Å²) in [7, 11) is -3.72. The van der Waals surface area contributed by atoms with Gasteiger partial charge in [-0.2, -0.15) is 17.4 Å². The summed E-state index contributed by atoms with van der Waals surface area (Å²) in [5.74, 6) is -1.40. The molecule has 17 heavy (non-hydrogen) atoms. The zero-order chi connectivity index (χ0) is 13.6. The Hall–Kier alpha value is -0.660. The maximum absolute atomic E-state index is 11.9. The Balaban J connectivity index is 4.93. The minimum atomic E-state index is -3.72. The predicted octanol–water partition coefficient (Wildman–Crippen LogP) is 0.662. The standard InChI is InChI=1S/C10H22N2O4S/c1-5-8(4)9(10(13)14)11-17(15,16)12(6-2)7-3/h8-9,11H,5-7H2,1-4H3,(H,13,14)/t8?,9-/m0/s1. The van der Waals surface area contributed by atoms with E-state index in [1.165, 1.54) is 4.31 Å². The quantitative estimate of drug-likeness (QED) is 0.675. The van der Waals surface area contributed by atoms with Crippen LogP contribution in [-0.2, 0) is 15.0 Å². The Morgan fingerprint density at radius 1 is 1.29 bits per heavy atom. The number of hydrogen-bond acceptors (Lipinski definition) is 3. The highest BCUT2D eigenvalue weighted by atomic mass is 32.2. The van der Waals surface area contributed by atoms with Gasteiger partial charge in [0.2, 0.25) is 0 Å². The molecule has 0 rings (SSSR count). The first-order chi connectivity index (χ1) is 7.80. The lowest BCUT2D eigenvalue weighted by molar-refractivity contribution is -0.140. The van der Waals surface area contributed by atoms with Crippen molar-refractivity contribution in [3.63, 3.8) is 0 Å². The highest BCUT2D eigenvalue weighted by Crippen LogP contribution is 2.10. The number of carboxylic acids is 1. The summed E-state index contributed by atoms with van der Waals surface area (Å²) in [5.41, 5.74) is 0. The molecule has 0 saturated heterocycles. The van der Waals surface area contributed by atoms with E-state index in [0.717, 1.165) is 0 Å². The van der Waals surface area contributed by atoms with Crippen molar-refractivity contribution in [3.8, 4) is 0 Å². The molecule has 2 atom stereocenters. The Labute approximate surface area is 103 Å². The number of aliphatic carboxylic acids is 1. The lowest BCUT2D eigenvalue weighted by atomic mass is 10.0. The van der Waals surface area contributed by atoms with Gasteiger partial charge in [0.15, 0.2) is 0 Å². The van der Waals surface area contributed by atoms with Crippen molar-refractivity contribution in [2.45, 2.75) is 40.2 Å². The second kappa shape index (κ2) is 6.93. The number of hydrogen-bond donors (Lipinski definition) is 2. The molecular formula is C10H22N2O4S. The number of nitrogens with zero attached hydrogens (tertiary/aromatic N) is 1. The van der Waals surface area contributed by atoms with Crippen LogP contribution in [0.5, 0.6) is 0 Å². The van der Waals surface area contributed by atoms with Gasteiger partial charge in [-0.05, 0) is 5.92 Å². The van der Waals surface area contributed by atoms with Crippen LogP contribution in [0.3, 0.4) is 0 Å². The third-order valence-electron chi connectivity index (χ3n) is 2.80. The molecule has 2 N–H and O–H groups in total. The van der Waals surface area contributed by atoms with Gasteiger partial charge in [0.05, 0.1) is 0 Å². The van der Waals surface area contributed by atoms with E-state index < -0.39 is 22.2 Å². The van der Waals surface area contributed by atoms with Gasteiger partial charge < -0.3 is 5.11 Å². The number of carbonyl (C=O) groups is 1. The molecule has 0 heterocycles. The van der Waals surface area contributed by atoms with Gasteiger partial charge >= 0.3 is 5.97 Å². The van der Waals surface area contributed by atoms with Crippen molar-refractivity contribution in [2.24, 2.45) is 5.92 Å². The van der Waals surface area contributed by atoms with Gasteiger partial charge in [-0.15, -0.1) is 0 Å². The van der Waals surface area contributed by atoms with Crippen LogP contribution in [0.1, 0.15) is 34.1 Å². The van der Waals surface area contributed by atoms with E-state index in [-0.39, 0.29) is 5.92 Å². The minimum absolute atomic E-state index is 0.252. The molecule has 0 aliphatic heterocycles. The van der Waals surface area contributed by atoms with Gasteiger partial charge in [0.1, 0.15) is 6.04 Å². The molecule has 0 bridgehead atoms. The number of rotatable bonds is 8. The third-order valence-corrected chi connectivity index (χ3v) is 4.55. The summed E-state index contributed by atoms with van der Waals surface area (Å²) in [4.78, 5) is 11.0. The maximum atomic E-state index is 11.9. The topological polar surface area (TPSA) is 86.7 Å². The molecule has 0 aliphatic rings. The first-order valence-corrected chi connectivity index (χ1v) is 7.24. The Morgan fingerprint density at radius 2 is 1.76 bits per heavy atom. The van der Waals surface area contributed by atoms with E-state index in [2.05, 4.69) is 4.72 Å². The molecule has 0 spiro atoms. The summed E-state index contributed by atoms with van der Waals surface area (Å²) >= 11 is 0. The number of carboxylic acid groups (broad SMARTS) is 1. The molecule has 0 fully saturated rings. The highest BCUT2D eigenvalue weighted by Gasteiger charge is 2.30. The van der Waals surface area contributed by atoms with Crippen LogP contribution in [0.4, 0.5) is 0 Å². The molecule has 0 aromatic carbocycles. The normalized spacial score (nSPS) is 15.8. The van der Waals surface area contributed by atoms with Crippen LogP contribution in [-0.4, -0.2) is 42.9 Å². The molecule has 0 aromatic heterocycles. The molecule has 0 radical (unpaired) electrons. The third kappa shape index (κ3) is 4.61. The van der Waals surface area contributed by atoms with Crippen LogP contribution in [0.2, 0.25) is 0 Å². The first kappa shape index (κ1) is 16.3. The molecule has 1 unspecified atom stereocenters. The van der Waals surface area contributed by atoms with Gasteiger partial charge in [0, 0.05) is 13.1 Å². The van der Waals surface area contributed by atoms with Gasteiger partial charge in [-0.1, -0.05) is 34.1 Å². The van der Waals surface area contributed by atoms with Crippen molar-refractivity contribution < 1.29 is 18.3 Å². The fourth-order valence-corrected chi connectivity index (χ4v) is 2.93. The average molecular weight is 266 g/mol. The van der Waals surface area contributed by atoms with Gasteiger partial charge in [-0.3, -0.25) is 4.79 Å². The average Bonchev–Trinajstić information content (AvgIpc) is 2.25. The fourth-order valence-electron chi connectivity index (χ4n) is 1.44. The van der Waals surface area contributed by atoms with Crippen LogP contribution in [0, 0.1) is 5.92 Å². The fraction of sp³-hybridized carbons (Fsp3) is 0.900. The molecule has 0 amide bonds. The highest BCUT2D eigenvalue weighted by molar-refractivity contribution is 7.87.